The van der Waals surface area contributed by atoms with E-state index in [1.54, 1.807) is 6.20 Å². The van der Waals surface area contributed by atoms with Crippen LogP contribution in [-0.2, 0) is 11.2 Å². The number of amides is 2. The first-order chi connectivity index (χ1) is 10.1. The predicted molar refractivity (Wildman–Crippen MR) is 74.6 cm³/mol. The first kappa shape index (κ1) is 13.9. The lowest BCUT2D eigenvalue weighted by Crippen LogP contribution is -2.50. The average Bonchev–Trinajstić information content (AvgIpc) is 3.14. The van der Waals surface area contributed by atoms with E-state index in [4.69, 9.17) is 0 Å². The number of carboxylic acid groups (broad SMARTS) is 1. The average molecular weight is 292 g/mol. The zero-order valence-corrected chi connectivity index (χ0v) is 11.7. The van der Waals surface area contributed by atoms with Gasteiger partial charge < -0.3 is 20.7 Å². The van der Waals surface area contributed by atoms with Crippen molar-refractivity contribution in [3.63, 3.8) is 0 Å². The maximum absolute atomic E-state index is 12.0. The van der Waals surface area contributed by atoms with Crippen molar-refractivity contribution in [3.05, 3.63) is 18.2 Å². The molecule has 7 heteroatoms. The number of aromatic nitrogens is 2. The maximum atomic E-state index is 12.0. The van der Waals surface area contributed by atoms with Gasteiger partial charge in [0.25, 0.3) is 0 Å². The number of aliphatic carboxylic acids is 1. The van der Waals surface area contributed by atoms with Crippen LogP contribution in [0.5, 0.6) is 0 Å². The van der Waals surface area contributed by atoms with Crippen LogP contribution in [-0.4, -0.2) is 39.2 Å². The van der Waals surface area contributed by atoms with Gasteiger partial charge in [-0.1, -0.05) is 6.42 Å². The van der Waals surface area contributed by atoms with Gasteiger partial charge in [0.1, 0.15) is 6.04 Å². The molecule has 4 unspecified atom stereocenters. The highest BCUT2D eigenvalue weighted by Gasteiger charge is 2.40. The highest BCUT2D eigenvalue weighted by molar-refractivity contribution is 5.82. The summed E-state index contributed by atoms with van der Waals surface area (Å²) in [5, 5.41) is 14.7. The van der Waals surface area contributed by atoms with E-state index in [0.717, 1.165) is 12.3 Å². The van der Waals surface area contributed by atoms with Crippen LogP contribution in [0.3, 0.4) is 0 Å². The molecular weight excluding hydrogens is 272 g/mol. The van der Waals surface area contributed by atoms with Crippen molar-refractivity contribution in [2.24, 2.45) is 11.8 Å². The third kappa shape index (κ3) is 3.17. The molecule has 1 aromatic heterocycles. The molecule has 0 saturated heterocycles. The van der Waals surface area contributed by atoms with E-state index in [-0.39, 0.29) is 18.5 Å². The van der Waals surface area contributed by atoms with Crippen LogP contribution < -0.4 is 10.6 Å². The summed E-state index contributed by atoms with van der Waals surface area (Å²) < 4.78 is 0. The highest BCUT2D eigenvalue weighted by atomic mass is 16.4. The van der Waals surface area contributed by atoms with Crippen LogP contribution in [0.15, 0.2) is 12.5 Å². The summed E-state index contributed by atoms with van der Waals surface area (Å²) in [5.74, 6) is 0.255. The molecule has 1 aromatic rings. The molecule has 0 aromatic carbocycles. The van der Waals surface area contributed by atoms with Gasteiger partial charge in [0.15, 0.2) is 0 Å². The minimum Gasteiger partial charge on any atom is -0.480 e. The second-order valence-electron chi connectivity index (χ2n) is 6.07. The smallest absolute Gasteiger partial charge is 0.326 e. The molecule has 0 spiro atoms. The Hall–Kier alpha value is -2.05. The molecule has 0 radical (unpaired) electrons. The number of carbonyl (C=O) groups is 2. The molecule has 2 fully saturated rings. The number of aromatic amines is 1. The number of hydrogen-bond donors (Lipinski definition) is 4. The fourth-order valence-corrected chi connectivity index (χ4v) is 3.61. The minimum atomic E-state index is -1.05. The molecule has 4 atom stereocenters. The highest BCUT2D eigenvalue weighted by Crippen LogP contribution is 2.44. The third-order valence-corrected chi connectivity index (χ3v) is 4.64. The Balaban J connectivity index is 1.53. The van der Waals surface area contributed by atoms with E-state index in [1.807, 2.05) is 0 Å². The molecule has 3 rings (SSSR count). The second-order valence-corrected chi connectivity index (χ2v) is 6.07. The zero-order chi connectivity index (χ0) is 14.8. The van der Waals surface area contributed by atoms with Gasteiger partial charge in [-0.15, -0.1) is 0 Å². The number of nitrogens with one attached hydrogen (secondary N) is 3. The summed E-state index contributed by atoms with van der Waals surface area (Å²) in [7, 11) is 0. The molecule has 1 heterocycles. The summed E-state index contributed by atoms with van der Waals surface area (Å²) >= 11 is 0. The number of hydrogen-bond acceptors (Lipinski definition) is 3. The number of carboxylic acids is 1. The van der Waals surface area contributed by atoms with Crippen molar-refractivity contribution in [3.8, 4) is 0 Å². The predicted octanol–water partition coefficient (Wildman–Crippen LogP) is 0.893. The van der Waals surface area contributed by atoms with Gasteiger partial charge in [0, 0.05) is 24.4 Å². The molecule has 114 valence electrons. The van der Waals surface area contributed by atoms with Crippen LogP contribution in [0.4, 0.5) is 4.79 Å². The van der Waals surface area contributed by atoms with Crippen LogP contribution in [0.25, 0.3) is 0 Å². The van der Waals surface area contributed by atoms with E-state index in [0.29, 0.717) is 11.6 Å². The van der Waals surface area contributed by atoms with Gasteiger partial charge in [0.2, 0.25) is 0 Å². The van der Waals surface area contributed by atoms with E-state index >= 15 is 0 Å². The Kier molecular flexibility index (Phi) is 3.81. The van der Waals surface area contributed by atoms with Crippen molar-refractivity contribution in [2.45, 2.75) is 44.2 Å². The van der Waals surface area contributed by atoms with Gasteiger partial charge >= 0.3 is 12.0 Å². The standard InChI is InChI=1S/C14H20N4O3/c19-13(20)12(5-10-6-15-7-16-10)18-14(21)17-11-4-8-1-2-9(11)3-8/h6-9,11-12H,1-5H2,(H,15,16)(H,19,20)(H2,17,18,21). The van der Waals surface area contributed by atoms with E-state index < -0.39 is 12.0 Å². The molecule has 2 saturated carbocycles. The first-order valence-electron chi connectivity index (χ1n) is 7.39. The van der Waals surface area contributed by atoms with Gasteiger partial charge in [-0.3, -0.25) is 0 Å². The quantitative estimate of drug-likeness (QED) is 0.646. The Labute approximate surface area is 122 Å². The topological polar surface area (TPSA) is 107 Å². The molecule has 4 N–H and O–H groups in total. The van der Waals surface area contributed by atoms with E-state index in [1.165, 1.54) is 25.6 Å². The summed E-state index contributed by atoms with van der Waals surface area (Å²) in [5.41, 5.74) is 0.683. The Bertz CT molecular complexity index is 516. The van der Waals surface area contributed by atoms with Gasteiger partial charge in [-0.05, 0) is 31.1 Å². The number of fused-ring (bicyclic) bond motifs is 2. The number of urea groups is 1. The van der Waals surface area contributed by atoms with Crippen LogP contribution in [0.2, 0.25) is 0 Å². The van der Waals surface area contributed by atoms with Crippen LogP contribution in [0.1, 0.15) is 31.4 Å². The zero-order valence-electron chi connectivity index (χ0n) is 11.7. The molecule has 2 bridgehead atoms. The fraction of sp³-hybridized carbons (Fsp3) is 0.643. The largest absolute Gasteiger partial charge is 0.480 e. The molecule has 2 aliphatic carbocycles. The summed E-state index contributed by atoms with van der Waals surface area (Å²) in [6.45, 7) is 0. The molecule has 2 aliphatic rings. The normalized spacial score (nSPS) is 28.3. The lowest BCUT2D eigenvalue weighted by atomic mass is 9.95. The lowest BCUT2D eigenvalue weighted by molar-refractivity contribution is -0.139. The molecular formula is C14H20N4O3. The van der Waals surface area contributed by atoms with Gasteiger partial charge in [-0.25, -0.2) is 14.6 Å². The van der Waals surface area contributed by atoms with Gasteiger partial charge in [0.05, 0.1) is 6.33 Å². The second kappa shape index (κ2) is 5.75. The molecule has 21 heavy (non-hydrogen) atoms. The van der Waals surface area contributed by atoms with Crippen LogP contribution >= 0.6 is 0 Å². The Morgan fingerprint density at radius 3 is 2.86 bits per heavy atom. The van der Waals surface area contributed by atoms with Crippen molar-refractivity contribution >= 4 is 12.0 Å². The van der Waals surface area contributed by atoms with Crippen LogP contribution in [0, 0.1) is 11.8 Å². The monoisotopic (exact) mass is 292 g/mol. The Morgan fingerprint density at radius 1 is 1.43 bits per heavy atom. The maximum Gasteiger partial charge on any atom is 0.326 e. The summed E-state index contributed by atoms with van der Waals surface area (Å²) in [6, 6.07) is -1.14. The number of nitrogens with zero attached hydrogens (tertiary/aromatic N) is 1. The number of carbonyl (C=O) groups excluding carboxylic acids is 1. The SMILES string of the molecule is O=C(NC(Cc1cnc[nH]1)C(=O)O)NC1CC2CCC1C2. The summed E-state index contributed by atoms with van der Waals surface area (Å²) in [4.78, 5) is 29.9. The number of imidazole rings is 1. The molecule has 7 nitrogen and oxygen atoms in total. The minimum absolute atomic E-state index is 0.194. The lowest BCUT2D eigenvalue weighted by Gasteiger charge is -2.24. The Morgan fingerprint density at radius 2 is 2.29 bits per heavy atom. The molecule has 0 aliphatic heterocycles. The van der Waals surface area contributed by atoms with Gasteiger partial charge in [-0.2, -0.15) is 0 Å². The fourth-order valence-electron chi connectivity index (χ4n) is 3.61. The van der Waals surface area contributed by atoms with Crippen molar-refractivity contribution in [2.75, 3.05) is 0 Å². The molecule has 2 amide bonds. The van der Waals surface area contributed by atoms with Crippen molar-refractivity contribution in [1.29, 1.82) is 0 Å². The number of H-pyrrole nitrogens is 1. The first-order valence-corrected chi connectivity index (χ1v) is 7.39. The summed E-state index contributed by atoms with van der Waals surface area (Å²) in [6.07, 6.45) is 7.90. The van der Waals surface area contributed by atoms with E-state index in [2.05, 4.69) is 20.6 Å². The third-order valence-electron chi connectivity index (χ3n) is 4.64. The number of rotatable bonds is 5. The van der Waals surface area contributed by atoms with Crippen molar-refractivity contribution in [1.82, 2.24) is 20.6 Å². The van der Waals surface area contributed by atoms with Crippen molar-refractivity contribution < 1.29 is 14.7 Å². The van der Waals surface area contributed by atoms with E-state index in [9.17, 15) is 14.7 Å².